The first-order valence-corrected chi connectivity index (χ1v) is 2.56. The van der Waals surface area contributed by atoms with Crippen LogP contribution < -0.4 is 0 Å². The van der Waals surface area contributed by atoms with Crippen LogP contribution in [-0.4, -0.2) is 0 Å². The third-order valence-corrected chi connectivity index (χ3v) is 1.21. The molecule has 0 atom stereocenters. The second-order valence-corrected chi connectivity index (χ2v) is 1.71. The third kappa shape index (κ3) is 0.544. The van der Waals surface area contributed by atoms with Gasteiger partial charge in [0.2, 0.25) is 0 Å². The molecule has 0 aliphatic heterocycles. The molecular weight excluding hydrogens is 84.1 g/mol. The molecule has 0 heteroatoms. The van der Waals surface area contributed by atoms with E-state index >= 15 is 0 Å². The van der Waals surface area contributed by atoms with Gasteiger partial charge in [-0.25, -0.2) is 0 Å². The molecule has 0 saturated heterocycles. The lowest BCUT2D eigenvalue weighted by Crippen LogP contribution is -1.83. The van der Waals surface area contributed by atoms with Crippen molar-refractivity contribution in [2.24, 2.45) is 0 Å². The Labute approximate surface area is 43.9 Å². The Balaban J connectivity index is 2.72. The van der Waals surface area contributed by atoms with E-state index in [1.54, 1.807) is 0 Å². The highest BCUT2D eigenvalue weighted by molar-refractivity contribution is 5.34. The van der Waals surface area contributed by atoms with Crippen molar-refractivity contribution in [2.75, 3.05) is 0 Å². The Bertz CT molecular complexity index is 172. The van der Waals surface area contributed by atoms with Crippen LogP contribution in [0.3, 0.4) is 0 Å². The molecule has 0 bridgehead atoms. The average Bonchev–Trinajstić information content (AvgIpc) is 1.65. The fourth-order valence-corrected chi connectivity index (χ4v) is 0.629. The highest BCUT2D eigenvalue weighted by Gasteiger charge is 1.98. The fourth-order valence-electron chi connectivity index (χ4n) is 0.629. The summed E-state index contributed by atoms with van der Waals surface area (Å²) in [5, 5.41) is 0. The van der Waals surface area contributed by atoms with Gasteiger partial charge in [0.05, 0.1) is 0 Å². The van der Waals surface area contributed by atoms with Gasteiger partial charge in [-0.05, 0) is 13.3 Å². The van der Waals surface area contributed by atoms with Gasteiger partial charge in [0.1, 0.15) is 0 Å². The molecule has 0 aromatic carbocycles. The molecule has 0 aromatic rings. The number of rotatable bonds is 1. The summed E-state index contributed by atoms with van der Waals surface area (Å²) in [6, 6.07) is 0. The van der Waals surface area contributed by atoms with Crippen LogP contribution in [0.1, 0.15) is 20.3 Å². The molecule has 0 fully saturated rings. The van der Waals surface area contributed by atoms with Gasteiger partial charge in [-0.15, -0.1) is 0 Å². The monoisotopic (exact) mass is 92.1 g/mol. The van der Waals surface area contributed by atoms with Crippen LogP contribution in [0, 0.1) is 0 Å². The summed E-state index contributed by atoms with van der Waals surface area (Å²) in [6.07, 6.45) is 1.11. The highest BCUT2D eigenvalue weighted by atomic mass is 14.0. The van der Waals surface area contributed by atoms with Crippen LogP contribution in [0.25, 0.3) is 0 Å². The number of hydrogen-bond acceptors (Lipinski definition) is 0. The minimum absolute atomic E-state index is 1.11. The van der Waals surface area contributed by atoms with Crippen LogP contribution in [0.15, 0.2) is 22.6 Å². The summed E-state index contributed by atoms with van der Waals surface area (Å²) < 4.78 is 0. The second kappa shape index (κ2) is 1.42. The molecule has 0 heterocycles. The summed E-state index contributed by atoms with van der Waals surface area (Å²) >= 11 is 0. The lowest BCUT2D eigenvalue weighted by molar-refractivity contribution is 1.09. The first kappa shape index (κ1) is 4.46. The van der Waals surface area contributed by atoms with Gasteiger partial charge in [-0.2, -0.15) is 0 Å². The topological polar surface area (TPSA) is 0 Å². The van der Waals surface area contributed by atoms with Gasteiger partial charge in [0, 0.05) is 11.1 Å². The fraction of sp³-hybridized carbons (Fsp3) is 0.429. The second-order valence-electron chi connectivity index (χ2n) is 1.71. The molecule has 0 amide bonds. The molecule has 0 N–H and O–H groups in total. The molecule has 0 saturated carbocycles. The Kier molecular flexibility index (Phi) is 0.906. The van der Waals surface area contributed by atoms with Gasteiger partial charge in [-0.3, -0.25) is 0 Å². The first-order valence-electron chi connectivity index (χ1n) is 2.56. The van der Waals surface area contributed by atoms with E-state index in [0.717, 1.165) is 6.42 Å². The zero-order chi connectivity index (χ0) is 5.28. The summed E-state index contributed by atoms with van der Waals surface area (Å²) in [5.41, 5.74) is 8.53. The highest BCUT2D eigenvalue weighted by Crippen LogP contribution is 2.14. The van der Waals surface area contributed by atoms with Crippen LogP contribution >= 0.6 is 0 Å². The molecule has 1 aliphatic carbocycles. The van der Waals surface area contributed by atoms with Gasteiger partial charge >= 0.3 is 0 Å². The van der Waals surface area contributed by atoms with E-state index in [9.17, 15) is 0 Å². The van der Waals surface area contributed by atoms with Gasteiger partial charge in [-0.1, -0.05) is 18.4 Å². The standard InChI is InChI=1S/C7H8/c1-3-7-5-4-6(7)2/h3H2,1-2H3. The van der Waals surface area contributed by atoms with E-state index in [1.165, 1.54) is 11.1 Å². The van der Waals surface area contributed by atoms with Crippen molar-refractivity contribution in [3.05, 3.63) is 22.6 Å². The molecule has 0 nitrogen and oxygen atoms in total. The normalized spacial score (nSPS) is 15.1. The third-order valence-electron chi connectivity index (χ3n) is 1.21. The van der Waals surface area contributed by atoms with Crippen LogP contribution in [0.2, 0.25) is 0 Å². The van der Waals surface area contributed by atoms with Crippen molar-refractivity contribution in [3.8, 4) is 0 Å². The van der Waals surface area contributed by atoms with Gasteiger partial charge < -0.3 is 0 Å². The van der Waals surface area contributed by atoms with Gasteiger partial charge in [0.15, 0.2) is 0 Å². The maximum Gasteiger partial charge on any atom is 0.0134 e. The largest absolute Gasteiger partial charge is 0.0657 e. The molecule has 0 unspecified atom stereocenters. The Hall–Kier alpha value is -0.700. The summed E-state index contributed by atoms with van der Waals surface area (Å²) in [4.78, 5) is 0. The van der Waals surface area contributed by atoms with E-state index in [4.69, 9.17) is 0 Å². The minimum Gasteiger partial charge on any atom is -0.0657 e. The molecule has 0 spiro atoms. The lowest BCUT2D eigenvalue weighted by atomic mass is 10.0. The molecule has 1 aliphatic rings. The summed E-state index contributed by atoms with van der Waals surface area (Å²) in [7, 11) is 0. The zero-order valence-corrected chi connectivity index (χ0v) is 4.71. The summed E-state index contributed by atoms with van der Waals surface area (Å²) in [5.74, 6) is 0. The molecule has 0 aromatic heterocycles. The van der Waals surface area contributed by atoms with Gasteiger partial charge in [0.25, 0.3) is 0 Å². The minimum atomic E-state index is 1.11. The van der Waals surface area contributed by atoms with E-state index in [0.29, 0.717) is 0 Å². The van der Waals surface area contributed by atoms with E-state index in [2.05, 4.69) is 25.3 Å². The van der Waals surface area contributed by atoms with Crippen LogP contribution in [0.4, 0.5) is 0 Å². The smallest absolute Gasteiger partial charge is 0.0134 e. The SMILES string of the molecule is CCC1=C=C=C1C. The molecule has 7 heavy (non-hydrogen) atoms. The predicted octanol–water partition coefficient (Wildman–Crippen LogP) is 2.04. The average molecular weight is 92.1 g/mol. The number of allylic oxidation sites excluding steroid dienone is 2. The first-order chi connectivity index (χ1) is 3.34. The Morgan fingerprint density at radius 2 is 2.14 bits per heavy atom. The van der Waals surface area contributed by atoms with E-state index in [1.807, 2.05) is 0 Å². The molecule has 1 rings (SSSR count). The lowest BCUT2D eigenvalue weighted by Gasteiger charge is -2.00. The maximum absolute atomic E-state index is 2.97. The van der Waals surface area contributed by atoms with Crippen molar-refractivity contribution < 1.29 is 0 Å². The zero-order valence-electron chi connectivity index (χ0n) is 4.71. The summed E-state index contributed by atoms with van der Waals surface area (Å²) in [6.45, 7) is 4.20. The van der Waals surface area contributed by atoms with Crippen LogP contribution in [-0.2, 0) is 0 Å². The van der Waals surface area contributed by atoms with Crippen LogP contribution in [0.5, 0.6) is 0 Å². The number of hydrogen-bond donors (Lipinski definition) is 0. The molecule has 0 radical (unpaired) electrons. The maximum atomic E-state index is 2.97. The Morgan fingerprint density at radius 3 is 2.14 bits per heavy atom. The van der Waals surface area contributed by atoms with Crippen molar-refractivity contribution >= 4 is 0 Å². The van der Waals surface area contributed by atoms with Crippen molar-refractivity contribution in [1.29, 1.82) is 0 Å². The van der Waals surface area contributed by atoms with Crippen molar-refractivity contribution in [3.63, 3.8) is 0 Å². The quantitative estimate of drug-likeness (QED) is 0.434. The predicted molar refractivity (Wildman–Crippen MR) is 30.0 cm³/mol. The molecular formula is C7H8. The van der Waals surface area contributed by atoms with Crippen molar-refractivity contribution in [1.82, 2.24) is 0 Å². The van der Waals surface area contributed by atoms with E-state index < -0.39 is 0 Å². The van der Waals surface area contributed by atoms with E-state index in [-0.39, 0.29) is 0 Å². The Morgan fingerprint density at radius 1 is 1.43 bits per heavy atom. The van der Waals surface area contributed by atoms with Crippen molar-refractivity contribution in [2.45, 2.75) is 20.3 Å². The molecule has 36 valence electrons.